The fraction of sp³-hybridized carbons (Fsp3) is 0.556. The summed E-state index contributed by atoms with van der Waals surface area (Å²) in [4.78, 5) is 16.6. The molecule has 3 heterocycles. The van der Waals surface area contributed by atoms with Crippen molar-refractivity contribution in [1.82, 2.24) is 30.4 Å². The van der Waals surface area contributed by atoms with Gasteiger partial charge in [0.05, 0.1) is 6.04 Å². The molecule has 2 N–H and O–H groups in total. The van der Waals surface area contributed by atoms with Crippen molar-refractivity contribution in [2.75, 3.05) is 13.1 Å². The summed E-state index contributed by atoms with van der Waals surface area (Å²) >= 11 is 0. The fourth-order valence-corrected chi connectivity index (χ4v) is 3.10. The summed E-state index contributed by atoms with van der Waals surface area (Å²) in [6.45, 7) is 6.86. The number of carbonyl (C=O) groups excluding carboxylic acids is 1. The van der Waals surface area contributed by atoms with Crippen molar-refractivity contribution in [3.63, 3.8) is 0 Å². The van der Waals surface area contributed by atoms with Crippen LogP contribution in [-0.2, 0) is 24.2 Å². The molecule has 1 aliphatic heterocycles. The maximum Gasteiger partial charge on any atom is 0.220 e. The van der Waals surface area contributed by atoms with E-state index in [0.29, 0.717) is 12.8 Å². The van der Waals surface area contributed by atoms with Crippen LogP contribution in [0.3, 0.4) is 0 Å². The first-order chi connectivity index (χ1) is 12.1. The Balaban J connectivity index is 1.67. The van der Waals surface area contributed by atoms with Crippen molar-refractivity contribution in [2.24, 2.45) is 5.92 Å². The fourth-order valence-electron chi connectivity index (χ4n) is 3.10. The standard InChI is InChI=1S/C18H26N6O/c1-13(2)17(18-23-22-15-7-9-19-10-11-24(15)18)21-16(25)6-5-14-4-3-8-20-12-14/h3-4,8,12-13,17,19H,5-7,9-11H2,1-2H3,(H,21,25)/t17-/m0/s1. The van der Waals surface area contributed by atoms with E-state index in [1.54, 1.807) is 12.4 Å². The van der Waals surface area contributed by atoms with E-state index in [4.69, 9.17) is 0 Å². The third-order valence-corrected chi connectivity index (χ3v) is 4.52. The minimum atomic E-state index is -0.124. The average molecular weight is 342 g/mol. The Morgan fingerprint density at radius 1 is 1.36 bits per heavy atom. The van der Waals surface area contributed by atoms with Gasteiger partial charge < -0.3 is 15.2 Å². The summed E-state index contributed by atoms with van der Waals surface area (Å²) in [6, 6.07) is 3.76. The summed E-state index contributed by atoms with van der Waals surface area (Å²) in [7, 11) is 0. The minimum Gasteiger partial charge on any atom is -0.346 e. The van der Waals surface area contributed by atoms with E-state index in [2.05, 4.69) is 44.2 Å². The molecule has 0 radical (unpaired) electrons. The van der Waals surface area contributed by atoms with Gasteiger partial charge in [-0.1, -0.05) is 19.9 Å². The van der Waals surface area contributed by atoms with Crippen molar-refractivity contribution >= 4 is 5.91 Å². The lowest BCUT2D eigenvalue weighted by atomic mass is 10.0. The van der Waals surface area contributed by atoms with E-state index >= 15 is 0 Å². The van der Waals surface area contributed by atoms with Crippen LogP contribution in [0.25, 0.3) is 0 Å². The number of carbonyl (C=O) groups is 1. The smallest absolute Gasteiger partial charge is 0.220 e. The molecular formula is C18H26N6O. The monoisotopic (exact) mass is 342 g/mol. The Morgan fingerprint density at radius 3 is 3.00 bits per heavy atom. The van der Waals surface area contributed by atoms with E-state index < -0.39 is 0 Å². The number of aryl methyl sites for hydroxylation is 1. The van der Waals surface area contributed by atoms with Crippen LogP contribution in [0.1, 0.15) is 43.5 Å². The molecule has 2 aromatic heterocycles. The summed E-state index contributed by atoms with van der Waals surface area (Å²) in [5.41, 5.74) is 1.07. The number of fused-ring (bicyclic) bond motifs is 1. The van der Waals surface area contributed by atoms with Crippen LogP contribution in [0.5, 0.6) is 0 Å². The molecule has 0 aliphatic carbocycles. The first-order valence-electron chi connectivity index (χ1n) is 8.96. The van der Waals surface area contributed by atoms with Gasteiger partial charge >= 0.3 is 0 Å². The van der Waals surface area contributed by atoms with E-state index in [0.717, 1.165) is 43.3 Å². The highest BCUT2D eigenvalue weighted by molar-refractivity contribution is 5.76. The van der Waals surface area contributed by atoms with E-state index in [9.17, 15) is 4.79 Å². The predicted octanol–water partition coefficient (Wildman–Crippen LogP) is 1.26. The van der Waals surface area contributed by atoms with Crippen LogP contribution in [-0.4, -0.2) is 38.7 Å². The van der Waals surface area contributed by atoms with Crippen molar-refractivity contribution in [1.29, 1.82) is 0 Å². The van der Waals surface area contributed by atoms with Gasteiger partial charge in [0.2, 0.25) is 5.91 Å². The zero-order chi connectivity index (χ0) is 17.6. The maximum absolute atomic E-state index is 12.5. The molecule has 7 heteroatoms. The van der Waals surface area contributed by atoms with Gasteiger partial charge in [0.25, 0.3) is 0 Å². The van der Waals surface area contributed by atoms with E-state index in [-0.39, 0.29) is 17.9 Å². The van der Waals surface area contributed by atoms with Crippen molar-refractivity contribution in [2.45, 2.75) is 45.7 Å². The first-order valence-corrected chi connectivity index (χ1v) is 8.96. The van der Waals surface area contributed by atoms with Crippen LogP contribution < -0.4 is 10.6 Å². The molecule has 1 amide bonds. The van der Waals surface area contributed by atoms with Crippen LogP contribution in [0.2, 0.25) is 0 Å². The van der Waals surface area contributed by atoms with Crippen LogP contribution >= 0.6 is 0 Å². The number of hydrogen-bond donors (Lipinski definition) is 2. The molecule has 0 spiro atoms. The zero-order valence-corrected chi connectivity index (χ0v) is 14.9. The number of nitrogens with one attached hydrogen (secondary N) is 2. The summed E-state index contributed by atoms with van der Waals surface area (Å²) in [5, 5.41) is 15.3. The highest BCUT2D eigenvalue weighted by Gasteiger charge is 2.26. The van der Waals surface area contributed by atoms with Crippen molar-refractivity contribution in [3.05, 3.63) is 41.7 Å². The Kier molecular flexibility index (Phi) is 5.75. The Bertz CT molecular complexity index is 697. The molecule has 0 aromatic carbocycles. The Labute approximate surface area is 148 Å². The SMILES string of the molecule is CC(C)[C@H](NC(=O)CCc1cccnc1)c1nnc2n1CCNCC2. The highest BCUT2D eigenvalue weighted by Crippen LogP contribution is 2.22. The highest BCUT2D eigenvalue weighted by atomic mass is 16.1. The van der Waals surface area contributed by atoms with E-state index in [1.165, 1.54) is 0 Å². The normalized spacial score (nSPS) is 15.5. The second-order valence-corrected chi connectivity index (χ2v) is 6.78. The molecule has 0 unspecified atom stereocenters. The van der Waals surface area contributed by atoms with Gasteiger partial charge in [-0.15, -0.1) is 10.2 Å². The largest absolute Gasteiger partial charge is 0.346 e. The molecule has 0 saturated carbocycles. The topological polar surface area (TPSA) is 84.7 Å². The Morgan fingerprint density at radius 2 is 2.24 bits per heavy atom. The third-order valence-electron chi connectivity index (χ3n) is 4.52. The molecule has 134 valence electrons. The van der Waals surface area contributed by atoms with Crippen LogP contribution in [0.15, 0.2) is 24.5 Å². The van der Waals surface area contributed by atoms with Gasteiger partial charge in [0, 0.05) is 44.9 Å². The molecule has 3 rings (SSSR count). The van der Waals surface area contributed by atoms with Gasteiger partial charge in [-0.25, -0.2) is 0 Å². The number of hydrogen-bond acceptors (Lipinski definition) is 5. The molecule has 0 fully saturated rings. The van der Waals surface area contributed by atoms with Crippen molar-refractivity contribution in [3.8, 4) is 0 Å². The average Bonchev–Trinajstić information content (AvgIpc) is 2.86. The number of rotatable bonds is 6. The molecule has 7 nitrogen and oxygen atoms in total. The minimum absolute atomic E-state index is 0.0339. The lowest BCUT2D eigenvalue weighted by Crippen LogP contribution is -2.34. The summed E-state index contributed by atoms with van der Waals surface area (Å²) in [6.07, 6.45) is 5.54. The Hall–Kier alpha value is -2.28. The zero-order valence-electron chi connectivity index (χ0n) is 14.9. The number of nitrogens with zero attached hydrogens (tertiary/aromatic N) is 4. The molecule has 1 aliphatic rings. The molecule has 25 heavy (non-hydrogen) atoms. The van der Waals surface area contributed by atoms with Gasteiger partial charge in [0.15, 0.2) is 5.82 Å². The molecule has 0 bridgehead atoms. The first kappa shape index (κ1) is 17.5. The molecule has 1 atom stereocenters. The molecular weight excluding hydrogens is 316 g/mol. The lowest BCUT2D eigenvalue weighted by molar-refractivity contribution is -0.122. The predicted molar refractivity (Wildman–Crippen MR) is 94.9 cm³/mol. The van der Waals surface area contributed by atoms with Crippen LogP contribution in [0.4, 0.5) is 0 Å². The second-order valence-electron chi connectivity index (χ2n) is 6.78. The van der Waals surface area contributed by atoms with Crippen LogP contribution in [0, 0.1) is 5.92 Å². The number of aromatic nitrogens is 4. The molecule has 2 aromatic rings. The molecule has 0 saturated heterocycles. The van der Waals surface area contributed by atoms with Gasteiger partial charge in [-0.05, 0) is 24.0 Å². The quantitative estimate of drug-likeness (QED) is 0.826. The maximum atomic E-state index is 12.5. The van der Waals surface area contributed by atoms with E-state index in [1.807, 2.05) is 12.1 Å². The second kappa shape index (κ2) is 8.20. The summed E-state index contributed by atoms with van der Waals surface area (Å²) < 4.78 is 2.16. The number of pyridine rings is 1. The van der Waals surface area contributed by atoms with Crippen molar-refractivity contribution < 1.29 is 4.79 Å². The van der Waals surface area contributed by atoms with Gasteiger partial charge in [0.1, 0.15) is 5.82 Å². The lowest BCUT2D eigenvalue weighted by Gasteiger charge is -2.22. The summed E-state index contributed by atoms with van der Waals surface area (Å²) in [5.74, 6) is 2.14. The number of amides is 1. The third kappa shape index (κ3) is 4.42. The van der Waals surface area contributed by atoms with Gasteiger partial charge in [-0.3, -0.25) is 9.78 Å². The van der Waals surface area contributed by atoms with Gasteiger partial charge in [-0.2, -0.15) is 0 Å².